The molecule has 0 aliphatic rings. The number of nitrogens with one attached hydrogen (secondary N) is 2. The predicted octanol–water partition coefficient (Wildman–Crippen LogP) is 2.77. The third-order valence-electron chi connectivity index (χ3n) is 2.04. The van der Waals surface area contributed by atoms with Gasteiger partial charge in [0, 0.05) is 11.8 Å². The van der Waals surface area contributed by atoms with Crippen molar-refractivity contribution in [1.29, 1.82) is 0 Å². The average Bonchev–Trinajstić information content (AvgIpc) is 2.64. The van der Waals surface area contributed by atoms with E-state index in [4.69, 9.17) is 23.2 Å². The Balaban J connectivity index is 2.19. The van der Waals surface area contributed by atoms with Crippen LogP contribution in [-0.4, -0.2) is 25.1 Å². The van der Waals surface area contributed by atoms with Crippen molar-refractivity contribution in [2.45, 2.75) is 19.8 Å². The maximum atomic E-state index is 5.66. The Morgan fingerprint density at radius 3 is 2.35 bits per heavy atom. The molecule has 0 saturated carbocycles. The third kappa shape index (κ3) is 3.04. The van der Waals surface area contributed by atoms with E-state index in [-0.39, 0.29) is 16.5 Å². The first kappa shape index (κ1) is 12.1. The first-order valence-electron chi connectivity index (χ1n) is 4.94. The van der Waals surface area contributed by atoms with Gasteiger partial charge in [-0.15, -0.1) is 0 Å². The normalized spacial score (nSPS) is 10.9. The summed E-state index contributed by atoms with van der Waals surface area (Å²) in [6.07, 6.45) is 0. The zero-order valence-corrected chi connectivity index (χ0v) is 10.7. The molecule has 0 radical (unpaired) electrons. The lowest BCUT2D eigenvalue weighted by molar-refractivity contribution is 0.811. The molecule has 0 aromatic carbocycles. The molecule has 0 spiro atoms. The van der Waals surface area contributed by atoms with Crippen LogP contribution in [0.2, 0.25) is 10.6 Å². The van der Waals surface area contributed by atoms with Crippen molar-refractivity contribution in [3.8, 4) is 0 Å². The highest BCUT2D eigenvalue weighted by Crippen LogP contribution is 2.18. The molecule has 8 heteroatoms. The number of anilines is 2. The van der Waals surface area contributed by atoms with Crippen LogP contribution in [0, 0.1) is 0 Å². The van der Waals surface area contributed by atoms with Crippen LogP contribution < -0.4 is 5.32 Å². The molecule has 90 valence electrons. The highest BCUT2D eigenvalue weighted by atomic mass is 35.5. The van der Waals surface area contributed by atoms with Gasteiger partial charge in [-0.1, -0.05) is 13.8 Å². The fourth-order valence-corrected chi connectivity index (χ4v) is 1.56. The van der Waals surface area contributed by atoms with Gasteiger partial charge in [0.15, 0.2) is 5.82 Å². The largest absolute Gasteiger partial charge is 0.307 e. The number of hydrogen-bond donors (Lipinski definition) is 2. The number of hydrogen-bond acceptors (Lipinski definition) is 5. The summed E-state index contributed by atoms with van der Waals surface area (Å²) in [4.78, 5) is 11.4. The molecule has 17 heavy (non-hydrogen) atoms. The van der Waals surface area contributed by atoms with Crippen molar-refractivity contribution in [3.05, 3.63) is 22.3 Å². The van der Waals surface area contributed by atoms with E-state index >= 15 is 0 Å². The summed E-state index contributed by atoms with van der Waals surface area (Å²) in [7, 11) is 0. The Kier molecular flexibility index (Phi) is 3.44. The maximum Gasteiger partial charge on any atom is 0.234 e. The molecule has 2 rings (SSSR count). The van der Waals surface area contributed by atoms with E-state index in [1.165, 1.54) is 0 Å². The van der Waals surface area contributed by atoms with E-state index in [0.29, 0.717) is 11.7 Å². The Hall–Kier alpha value is -1.40. The number of aromatic nitrogens is 5. The Morgan fingerprint density at radius 1 is 1.18 bits per heavy atom. The maximum absolute atomic E-state index is 5.66. The third-order valence-corrected chi connectivity index (χ3v) is 2.38. The van der Waals surface area contributed by atoms with Gasteiger partial charge in [0.25, 0.3) is 0 Å². The van der Waals surface area contributed by atoms with Crippen LogP contribution in [0.15, 0.2) is 6.07 Å². The summed E-state index contributed by atoms with van der Waals surface area (Å²) in [6.45, 7) is 4.13. The van der Waals surface area contributed by atoms with E-state index in [1.54, 1.807) is 0 Å². The summed E-state index contributed by atoms with van der Waals surface area (Å²) in [6, 6.07) is 1.87. The number of halogens is 2. The van der Waals surface area contributed by atoms with Gasteiger partial charge in [-0.25, -0.2) is 0 Å². The van der Waals surface area contributed by atoms with Gasteiger partial charge in [-0.3, -0.25) is 5.10 Å². The van der Waals surface area contributed by atoms with Crippen molar-refractivity contribution in [1.82, 2.24) is 25.1 Å². The second kappa shape index (κ2) is 4.85. The highest BCUT2D eigenvalue weighted by molar-refractivity contribution is 6.31. The molecular weight excluding hydrogens is 263 g/mol. The van der Waals surface area contributed by atoms with Crippen LogP contribution in [-0.2, 0) is 0 Å². The van der Waals surface area contributed by atoms with Gasteiger partial charge in [0.1, 0.15) is 0 Å². The van der Waals surface area contributed by atoms with Gasteiger partial charge in [-0.05, 0) is 29.1 Å². The molecule has 0 saturated heterocycles. The lowest BCUT2D eigenvalue weighted by Crippen LogP contribution is -1.99. The minimum atomic E-state index is 0.0344. The van der Waals surface area contributed by atoms with Gasteiger partial charge in [-0.2, -0.15) is 20.1 Å². The van der Waals surface area contributed by atoms with Crippen LogP contribution in [0.3, 0.4) is 0 Å². The van der Waals surface area contributed by atoms with Crippen molar-refractivity contribution >= 4 is 35.0 Å². The fraction of sp³-hybridized carbons (Fsp3) is 0.333. The minimum Gasteiger partial charge on any atom is -0.307 e. The summed E-state index contributed by atoms with van der Waals surface area (Å²) in [5, 5.41) is 9.93. The first-order chi connectivity index (χ1) is 8.04. The fourth-order valence-electron chi connectivity index (χ4n) is 1.19. The lowest BCUT2D eigenvalue weighted by Gasteiger charge is -2.00. The molecule has 0 aliphatic heterocycles. The van der Waals surface area contributed by atoms with E-state index in [9.17, 15) is 0 Å². The number of H-pyrrole nitrogens is 1. The molecule has 0 amide bonds. The van der Waals surface area contributed by atoms with Gasteiger partial charge < -0.3 is 5.32 Å². The van der Waals surface area contributed by atoms with E-state index in [0.717, 1.165) is 5.69 Å². The van der Waals surface area contributed by atoms with Crippen LogP contribution >= 0.6 is 23.2 Å². The molecule has 6 nitrogen and oxygen atoms in total. The summed E-state index contributed by atoms with van der Waals surface area (Å²) < 4.78 is 0. The summed E-state index contributed by atoms with van der Waals surface area (Å²) in [5.74, 6) is 1.23. The second-order valence-electron chi connectivity index (χ2n) is 3.69. The molecule has 0 unspecified atom stereocenters. The Labute approximate surface area is 108 Å². The molecule has 2 aromatic heterocycles. The van der Waals surface area contributed by atoms with E-state index in [2.05, 4.69) is 44.3 Å². The summed E-state index contributed by atoms with van der Waals surface area (Å²) >= 11 is 11.3. The van der Waals surface area contributed by atoms with Crippen LogP contribution in [0.4, 0.5) is 11.8 Å². The Morgan fingerprint density at radius 2 is 1.82 bits per heavy atom. The van der Waals surface area contributed by atoms with E-state index in [1.807, 2.05) is 6.07 Å². The zero-order valence-electron chi connectivity index (χ0n) is 9.20. The molecule has 0 atom stereocenters. The molecule has 2 N–H and O–H groups in total. The van der Waals surface area contributed by atoms with Gasteiger partial charge in [0.2, 0.25) is 16.5 Å². The molecule has 0 bridgehead atoms. The number of aromatic amines is 1. The quantitative estimate of drug-likeness (QED) is 0.898. The van der Waals surface area contributed by atoms with E-state index < -0.39 is 0 Å². The van der Waals surface area contributed by atoms with Gasteiger partial charge in [0.05, 0.1) is 0 Å². The monoisotopic (exact) mass is 272 g/mol. The van der Waals surface area contributed by atoms with Crippen LogP contribution in [0.1, 0.15) is 25.5 Å². The smallest absolute Gasteiger partial charge is 0.234 e. The van der Waals surface area contributed by atoms with Crippen molar-refractivity contribution < 1.29 is 0 Å². The van der Waals surface area contributed by atoms with Crippen molar-refractivity contribution in [2.24, 2.45) is 0 Å². The molecule has 0 aliphatic carbocycles. The minimum absolute atomic E-state index is 0.0344. The standard InChI is InChI=1S/C9H10Cl2N6/c1-4(2)5-3-6(17-16-5)12-9-14-7(10)13-8(11)15-9/h3-4H,1-2H3,(H2,12,13,14,15,16,17). The van der Waals surface area contributed by atoms with Gasteiger partial charge >= 0.3 is 0 Å². The lowest BCUT2D eigenvalue weighted by atomic mass is 10.1. The molecule has 0 fully saturated rings. The topological polar surface area (TPSA) is 79.4 Å². The zero-order chi connectivity index (χ0) is 12.4. The average molecular weight is 273 g/mol. The first-order valence-corrected chi connectivity index (χ1v) is 5.69. The predicted molar refractivity (Wildman–Crippen MR) is 65.8 cm³/mol. The second-order valence-corrected chi connectivity index (χ2v) is 4.36. The molecule has 2 aromatic rings. The molecule has 2 heterocycles. The SMILES string of the molecule is CC(C)c1cc(Nc2nc(Cl)nc(Cl)n2)n[nH]1. The highest BCUT2D eigenvalue weighted by Gasteiger charge is 2.07. The van der Waals surface area contributed by atoms with Crippen LogP contribution in [0.25, 0.3) is 0 Å². The van der Waals surface area contributed by atoms with Crippen molar-refractivity contribution in [3.63, 3.8) is 0 Å². The van der Waals surface area contributed by atoms with Crippen LogP contribution in [0.5, 0.6) is 0 Å². The number of rotatable bonds is 3. The van der Waals surface area contributed by atoms with Crippen molar-refractivity contribution in [2.75, 3.05) is 5.32 Å². The number of nitrogens with zero attached hydrogens (tertiary/aromatic N) is 4. The molecular formula is C9H10Cl2N6. The summed E-state index contributed by atoms with van der Waals surface area (Å²) in [5.41, 5.74) is 1.01. The Bertz CT molecular complexity index is 504.